The van der Waals surface area contributed by atoms with Gasteiger partial charge >= 0.3 is 18.3 Å². The lowest BCUT2D eigenvalue weighted by molar-refractivity contribution is -0.300. The zero-order chi connectivity index (χ0) is 20.4. The summed E-state index contributed by atoms with van der Waals surface area (Å²) in [5, 5.41) is 10.9. The summed E-state index contributed by atoms with van der Waals surface area (Å²) in [7, 11) is 0. The molecule has 0 amide bonds. The maximum absolute atomic E-state index is 12.5. The zero-order valence-electron chi connectivity index (χ0n) is 12.9. The molecule has 2 aromatic rings. The fourth-order valence-electron chi connectivity index (χ4n) is 1.87. The molecule has 0 unspecified atom stereocenters. The second kappa shape index (κ2) is 7.51. The maximum Gasteiger partial charge on any atom is 0.434 e. The summed E-state index contributed by atoms with van der Waals surface area (Å²) in [6.45, 7) is 0. The van der Waals surface area contributed by atoms with E-state index in [0.29, 0.717) is 5.69 Å². The number of carboxylic acid groups (broad SMARTS) is 1. The van der Waals surface area contributed by atoms with Crippen molar-refractivity contribution in [2.45, 2.75) is 18.5 Å². The van der Waals surface area contributed by atoms with E-state index in [1.807, 2.05) is 0 Å². The zero-order valence-corrected chi connectivity index (χ0v) is 13.7. The Balaban J connectivity index is 2.18. The monoisotopic (exact) mass is 414 g/mol. The SMILES string of the molecule is O=C(O)c1ccc(Nc2cnc(OC(C(F)(F)F)C(F)(F)F)c(Cl)c2)cc1. The standard InChI is InChI=1S/C15H9ClF6N2O3/c16-10-5-9(24-8-3-1-7(2-4-8)12(25)26)6-23-11(10)27-13(14(17,18)19)15(20,21)22/h1-6,13,24H,(H,25,26). The first-order chi connectivity index (χ1) is 12.4. The molecule has 27 heavy (non-hydrogen) atoms. The summed E-state index contributed by atoms with van der Waals surface area (Å²) >= 11 is 5.67. The van der Waals surface area contributed by atoms with Crippen LogP contribution in [0.15, 0.2) is 36.5 Å². The Labute approximate surface area is 152 Å². The van der Waals surface area contributed by atoms with Crippen LogP contribution in [0.4, 0.5) is 37.7 Å². The topological polar surface area (TPSA) is 71.5 Å². The Kier molecular flexibility index (Phi) is 5.73. The number of rotatable bonds is 5. The average molecular weight is 415 g/mol. The van der Waals surface area contributed by atoms with Crippen LogP contribution in [0, 0.1) is 0 Å². The van der Waals surface area contributed by atoms with E-state index in [4.69, 9.17) is 16.7 Å². The minimum Gasteiger partial charge on any atom is -0.478 e. The minimum atomic E-state index is -5.70. The quantitative estimate of drug-likeness (QED) is 0.670. The van der Waals surface area contributed by atoms with E-state index in [1.54, 1.807) is 0 Å². The third-order valence-electron chi connectivity index (χ3n) is 3.05. The van der Waals surface area contributed by atoms with Gasteiger partial charge in [0.2, 0.25) is 5.88 Å². The Morgan fingerprint density at radius 1 is 1.07 bits per heavy atom. The highest BCUT2D eigenvalue weighted by Gasteiger charge is 2.59. The van der Waals surface area contributed by atoms with Crippen LogP contribution >= 0.6 is 11.6 Å². The highest BCUT2D eigenvalue weighted by Crippen LogP contribution is 2.38. The number of benzene rings is 1. The molecule has 2 rings (SSSR count). The van der Waals surface area contributed by atoms with E-state index in [0.717, 1.165) is 12.3 Å². The number of nitrogens with zero attached hydrogens (tertiary/aromatic N) is 1. The highest BCUT2D eigenvalue weighted by molar-refractivity contribution is 6.32. The Morgan fingerprint density at radius 2 is 1.63 bits per heavy atom. The van der Waals surface area contributed by atoms with Crippen molar-refractivity contribution in [2.75, 3.05) is 5.32 Å². The molecule has 0 aliphatic carbocycles. The fraction of sp³-hybridized carbons (Fsp3) is 0.200. The number of nitrogens with one attached hydrogen (secondary N) is 1. The Hall–Kier alpha value is -2.69. The van der Waals surface area contributed by atoms with Crippen LogP contribution in [0.1, 0.15) is 10.4 Å². The van der Waals surface area contributed by atoms with Crippen LogP contribution in [-0.2, 0) is 0 Å². The van der Waals surface area contributed by atoms with Crippen LogP contribution in [0.2, 0.25) is 5.02 Å². The van der Waals surface area contributed by atoms with E-state index >= 15 is 0 Å². The second-order valence-electron chi connectivity index (χ2n) is 5.10. The number of anilines is 2. The molecule has 12 heteroatoms. The molecule has 2 N–H and O–H groups in total. The van der Waals surface area contributed by atoms with Crippen LogP contribution in [0.25, 0.3) is 0 Å². The number of carboxylic acids is 1. The summed E-state index contributed by atoms with van der Waals surface area (Å²) in [5.74, 6) is -2.18. The van der Waals surface area contributed by atoms with Gasteiger partial charge in [0.05, 0.1) is 17.4 Å². The second-order valence-corrected chi connectivity index (χ2v) is 5.51. The van der Waals surface area contributed by atoms with Crippen LogP contribution < -0.4 is 10.1 Å². The van der Waals surface area contributed by atoms with Gasteiger partial charge in [-0.25, -0.2) is 9.78 Å². The predicted molar refractivity (Wildman–Crippen MR) is 82.5 cm³/mol. The molecule has 0 atom stereocenters. The van der Waals surface area contributed by atoms with Gasteiger partial charge in [-0.05, 0) is 30.3 Å². The summed E-state index contributed by atoms with van der Waals surface area (Å²) in [6.07, 6.45) is -14.6. The largest absolute Gasteiger partial charge is 0.478 e. The van der Waals surface area contributed by atoms with E-state index in [-0.39, 0.29) is 11.3 Å². The van der Waals surface area contributed by atoms with E-state index < -0.39 is 35.3 Å². The number of carbonyl (C=O) groups is 1. The Bertz CT molecular complexity index is 810. The molecule has 5 nitrogen and oxygen atoms in total. The van der Waals surface area contributed by atoms with Crippen molar-refractivity contribution in [1.29, 1.82) is 0 Å². The van der Waals surface area contributed by atoms with Crippen LogP contribution in [-0.4, -0.2) is 34.5 Å². The number of aromatic carboxylic acids is 1. The molecule has 0 saturated heterocycles. The third-order valence-corrected chi connectivity index (χ3v) is 3.32. The molecule has 0 aliphatic rings. The van der Waals surface area contributed by atoms with Gasteiger partial charge < -0.3 is 15.2 Å². The smallest absolute Gasteiger partial charge is 0.434 e. The number of pyridine rings is 1. The van der Waals surface area contributed by atoms with Crippen molar-refractivity contribution >= 4 is 28.9 Å². The summed E-state index contributed by atoms with van der Waals surface area (Å²) in [5.41, 5.74) is 0.534. The number of halogens is 7. The van der Waals surface area contributed by atoms with E-state index in [9.17, 15) is 31.1 Å². The highest BCUT2D eigenvalue weighted by atomic mass is 35.5. The molecule has 0 saturated carbocycles. The van der Waals surface area contributed by atoms with Crippen molar-refractivity contribution < 1.29 is 41.0 Å². The lowest BCUT2D eigenvalue weighted by Crippen LogP contribution is -2.46. The molecule has 0 fully saturated rings. The van der Waals surface area contributed by atoms with Gasteiger partial charge in [0.1, 0.15) is 5.02 Å². The van der Waals surface area contributed by atoms with Gasteiger partial charge in [-0.1, -0.05) is 11.6 Å². The normalized spacial score (nSPS) is 12.1. The van der Waals surface area contributed by atoms with Crippen LogP contribution in [0.5, 0.6) is 5.88 Å². The summed E-state index contributed by atoms with van der Waals surface area (Å²) in [4.78, 5) is 14.1. The molecule has 0 bridgehead atoms. The molecule has 1 aromatic heterocycles. The first-order valence-corrected chi connectivity index (χ1v) is 7.31. The molecule has 0 radical (unpaired) electrons. The van der Waals surface area contributed by atoms with Gasteiger partial charge in [0, 0.05) is 5.69 Å². The first-order valence-electron chi connectivity index (χ1n) is 6.94. The molecule has 0 aliphatic heterocycles. The van der Waals surface area contributed by atoms with E-state index in [2.05, 4.69) is 15.0 Å². The number of aromatic nitrogens is 1. The van der Waals surface area contributed by atoms with Crippen molar-refractivity contribution in [2.24, 2.45) is 0 Å². The van der Waals surface area contributed by atoms with Gasteiger partial charge in [-0.15, -0.1) is 0 Å². The van der Waals surface area contributed by atoms with Crippen molar-refractivity contribution in [1.82, 2.24) is 4.98 Å². The molecule has 146 valence electrons. The average Bonchev–Trinajstić information content (AvgIpc) is 2.52. The predicted octanol–water partition coefficient (Wildman–Crippen LogP) is 5.05. The Morgan fingerprint density at radius 3 is 2.07 bits per heavy atom. The van der Waals surface area contributed by atoms with Gasteiger partial charge in [0.15, 0.2) is 0 Å². The van der Waals surface area contributed by atoms with Gasteiger partial charge in [-0.3, -0.25) is 0 Å². The van der Waals surface area contributed by atoms with Crippen molar-refractivity contribution in [3.8, 4) is 5.88 Å². The molecular formula is C15H9ClF6N2O3. The first kappa shape index (κ1) is 20.6. The lowest BCUT2D eigenvalue weighted by Gasteiger charge is -2.23. The molecule has 1 heterocycles. The molecule has 1 aromatic carbocycles. The number of ether oxygens (including phenoxy) is 1. The van der Waals surface area contributed by atoms with Gasteiger partial charge in [-0.2, -0.15) is 26.3 Å². The maximum atomic E-state index is 12.5. The van der Waals surface area contributed by atoms with Crippen LogP contribution in [0.3, 0.4) is 0 Å². The lowest BCUT2D eigenvalue weighted by atomic mass is 10.2. The van der Waals surface area contributed by atoms with Crippen molar-refractivity contribution in [3.05, 3.63) is 47.1 Å². The van der Waals surface area contributed by atoms with Gasteiger partial charge in [0.25, 0.3) is 6.10 Å². The fourth-order valence-corrected chi connectivity index (χ4v) is 2.08. The number of alkyl halides is 6. The summed E-state index contributed by atoms with van der Waals surface area (Å²) < 4.78 is 79.1. The minimum absolute atomic E-state index is 0.0193. The summed E-state index contributed by atoms with van der Waals surface area (Å²) in [6, 6.07) is 6.37. The number of hydrogen-bond acceptors (Lipinski definition) is 4. The molecule has 0 spiro atoms. The van der Waals surface area contributed by atoms with Crippen molar-refractivity contribution in [3.63, 3.8) is 0 Å². The third kappa shape index (κ3) is 5.39. The number of hydrogen-bond donors (Lipinski definition) is 2. The van der Waals surface area contributed by atoms with E-state index in [1.165, 1.54) is 24.3 Å². The molecular weight excluding hydrogens is 406 g/mol.